The minimum Gasteiger partial charge on any atom is -0.486 e. The molecule has 2 heterocycles. The number of rotatable bonds is 4. The van der Waals surface area contributed by atoms with E-state index in [1.807, 2.05) is 13.0 Å². The van der Waals surface area contributed by atoms with Gasteiger partial charge in [0.05, 0.1) is 21.4 Å². The third-order valence-electron chi connectivity index (χ3n) is 3.05. The lowest BCUT2D eigenvalue weighted by atomic mass is 10.3. The highest BCUT2D eigenvalue weighted by Crippen LogP contribution is 2.32. The van der Waals surface area contributed by atoms with Crippen LogP contribution in [-0.2, 0) is 10.8 Å². The second kappa shape index (κ2) is 5.99. The second-order valence-corrected chi connectivity index (χ2v) is 7.37. The normalized spacial score (nSPS) is 14.7. The van der Waals surface area contributed by atoms with E-state index < -0.39 is 10.8 Å². The van der Waals surface area contributed by atoms with Gasteiger partial charge in [-0.2, -0.15) is 0 Å². The molecule has 0 aliphatic carbocycles. The Morgan fingerprint density at radius 2 is 1.95 bits per heavy atom. The molecular weight excluding hydrogens is 308 g/mol. The van der Waals surface area contributed by atoms with E-state index in [-0.39, 0.29) is 11.5 Å². The van der Waals surface area contributed by atoms with E-state index in [9.17, 15) is 9.00 Å². The Labute approximate surface area is 129 Å². The standard InChI is InChI=1S/C15H14O4S2/c1-10-2-5-15(20-10)12(16)9-21(17)11-3-4-13-14(8-11)19-7-6-18-13/h2-5,8H,6-7,9H2,1H3. The predicted octanol–water partition coefficient (Wildman–Crippen LogP) is 2.82. The van der Waals surface area contributed by atoms with Crippen LogP contribution in [0.5, 0.6) is 11.5 Å². The number of aryl methyl sites for hydroxylation is 1. The number of Topliss-reactive ketones (excluding diaryl/α,β-unsaturated/α-hetero) is 1. The summed E-state index contributed by atoms with van der Waals surface area (Å²) < 4.78 is 23.2. The molecule has 0 spiro atoms. The lowest BCUT2D eigenvalue weighted by molar-refractivity contribution is 0.102. The van der Waals surface area contributed by atoms with Crippen LogP contribution in [0.25, 0.3) is 0 Å². The Hall–Kier alpha value is -1.66. The van der Waals surface area contributed by atoms with Gasteiger partial charge in [-0.15, -0.1) is 11.3 Å². The first-order valence-electron chi connectivity index (χ1n) is 6.51. The summed E-state index contributed by atoms with van der Waals surface area (Å²) in [6.45, 7) is 2.95. The number of hydrogen-bond acceptors (Lipinski definition) is 5. The molecule has 6 heteroatoms. The Bertz CT molecular complexity index is 705. The topological polar surface area (TPSA) is 52.6 Å². The zero-order valence-corrected chi connectivity index (χ0v) is 13.1. The summed E-state index contributed by atoms with van der Waals surface area (Å²) in [7, 11) is -1.38. The van der Waals surface area contributed by atoms with Crippen molar-refractivity contribution in [1.82, 2.24) is 0 Å². The molecule has 110 valence electrons. The van der Waals surface area contributed by atoms with Gasteiger partial charge in [-0.1, -0.05) is 0 Å². The van der Waals surface area contributed by atoms with Gasteiger partial charge in [0.15, 0.2) is 17.3 Å². The predicted molar refractivity (Wildman–Crippen MR) is 82.1 cm³/mol. The van der Waals surface area contributed by atoms with Gasteiger partial charge in [-0.3, -0.25) is 9.00 Å². The van der Waals surface area contributed by atoms with E-state index in [4.69, 9.17) is 9.47 Å². The smallest absolute Gasteiger partial charge is 0.185 e. The average Bonchev–Trinajstić information content (AvgIpc) is 2.93. The quantitative estimate of drug-likeness (QED) is 0.812. The lowest BCUT2D eigenvalue weighted by Crippen LogP contribution is -2.16. The molecule has 0 saturated heterocycles. The molecule has 1 atom stereocenters. The van der Waals surface area contributed by atoms with Crippen molar-refractivity contribution in [1.29, 1.82) is 0 Å². The van der Waals surface area contributed by atoms with E-state index in [0.717, 1.165) is 4.88 Å². The molecule has 1 aromatic heterocycles. The number of ketones is 1. The Balaban J connectivity index is 1.75. The molecule has 0 amide bonds. The van der Waals surface area contributed by atoms with E-state index in [1.54, 1.807) is 24.3 Å². The molecule has 3 rings (SSSR count). The van der Waals surface area contributed by atoms with Crippen LogP contribution in [0.15, 0.2) is 35.2 Å². The Morgan fingerprint density at radius 1 is 1.19 bits per heavy atom. The maximum atomic E-state index is 12.3. The van der Waals surface area contributed by atoms with Gasteiger partial charge in [-0.25, -0.2) is 0 Å². The Kier molecular flexibility index (Phi) is 4.07. The fourth-order valence-electron chi connectivity index (χ4n) is 2.02. The molecular formula is C15H14O4S2. The number of hydrogen-bond donors (Lipinski definition) is 0. The summed E-state index contributed by atoms with van der Waals surface area (Å²) >= 11 is 1.43. The molecule has 4 nitrogen and oxygen atoms in total. The molecule has 1 aliphatic heterocycles. The van der Waals surface area contributed by atoms with Crippen molar-refractivity contribution in [3.63, 3.8) is 0 Å². The number of ether oxygens (including phenoxy) is 2. The van der Waals surface area contributed by atoms with Gasteiger partial charge in [0, 0.05) is 15.8 Å². The van der Waals surface area contributed by atoms with E-state index in [2.05, 4.69) is 0 Å². The van der Waals surface area contributed by atoms with E-state index in [0.29, 0.717) is 34.5 Å². The summed E-state index contributed by atoms with van der Waals surface area (Å²) in [6, 6.07) is 8.82. The number of fused-ring (bicyclic) bond motifs is 1. The third kappa shape index (κ3) is 3.16. The third-order valence-corrected chi connectivity index (χ3v) is 5.40. The molecule has 1 aliphatic rings. The van der Waals surface area contributed by atoms with Crippen molar-refractivity contribution >= 4 is 27.9 Å². The van der Waals surface area contributed by atoms with Gasteiger partial charge in [-0.05, 0) is 31.2 Å². The molecule has 1 aromatic carbocycles. The highest BCUT2D eigenvalue weighted by Gasteiger charge is 2.17. The zero-order chi connectivity index (χ0) is 14.8. The highest BCUT2D eigenvalue weighted by molar-refractivity contribution is 7.85. The Morgan fingerprint density at radius 3 is 2.67 bits per heavy atom. The molecule has 0 saturated carbocycles. The van der Waals surface area contributed by atoms with Crippen LogP contribution in [0.1, 0.15) is 14.5 Å². The maximum absolute atomic E-state index is 12.3. The van der Waals surface area contributed by atoms with Crippen LogP contribution in [0, 0.1) is 6.92 Å². The summed E-state index contributed by atoms with van der Waals surface area (Å²) in [6.07, 6.45) is 0. The number of benzene rings is 1. The molecule has 0 radical (unpaired) electrons. The van der Waals surface area contributed by atoms with Crippen LogP contribution in [0.4, 0.5) is 0 Å². The van der Waals surface area contributed by atoms with Gasteiger partial charge in [0.2, 0.25) is 0 Å². The first-order valence-corrected chi connectivity index (χ1v) is 8.65. The van der Waals surface area contributed by atoms with Crippen LogP contribution < -0.4 is 9.47 Å². The van der Waals surface area contributed by atoms with Crippen molar-refractivity contribution in [2.75, 3.05) is 19.0 Å². The zero-order valence-electron chi connectivity index (χ0n) is 11.5. The minimum atomic E-state index is -1.38. The number of carbonyl (C=O) groups excluding carboxylic acids is 1. The van der Waals surface area contributed by atoms with Crippen LogP contribution in [0.2, 0.25) is 0 Å². The fourth-order valence-corrected chi connectivity index (χ4v) is 3.94. The first kappa shape index (κ1) is 14.3. The number of carbonyl (C=O) groups is 1. The lowest BCUT2D eigenvalue weighted by Gasteiger charge is -2.18. The largest absolute Gasteiger partial charge is 0.486 e. The van der Waals surface area contributed by atoms with Gasteiger partial charge >= 0.3 is 0 Å². The monoisotopic (exact) mass is 322 g/mol. The van der Waals surface area contributed by atoms with Crippen molar-refractivity contribution in [3.8, 4) is 11.5 Å². The SMILES string of the molecule is Cc1ccc(C(=O)CS(=O)c2ccc3c(c2)OCCO3)s1. The van der Waals surface area contributed by atoms with Gasteiger partial charge in [0.1, 0.15) is 13.2 Å². The molecule has 2 aromatic rings. The van der Waals surface area contributed by atoms with Crippen LogP contribution in [0.3, 0.4) is 0 Å². The summed E-state index contributed by atoms with van der Waals surface area (Å²) in [5, 5.41) is 0. The van der Waals surface area contributed by atoms with Crippen molar-refractivity contribution in [2.24, 2.45) is 0 Å². The van der Waals surface area contributed by atoms with E-state index >= 15 is 0 Å². The average molecular weight is 322 g/mol. The molecule has 0 N–H and O–H groups in total. The molecule has 0 fully saturated rings. The van der Waals surface area contributed by atoms with Crippen LogP contribution >= 0.6 is 11.3 Å². The minimum absolute atomic E-state index is 0.0143. The van der Waals surface area contributed by atoms with Gasteiger partial charge in [0.25, 0.3) is 0 Å². The van der Waals surface area contributed by atoms with Gasteiger partial charge < -0.3 is 9.47 Å². The van der Waals surface area contributed by atoms with Crippen molar-refractivity contribution in [3.05, 3.63) is 40.1 Å². The second-order valence-electron chi connectivity index (χ2n) is 4.63. The van der Waals surface area contributed by atoms with Crippen LogP contribution in [-0.4, -0.2) is 29.0 Å². The summed E-state index contributed by atoms with van der Waals surface area (Å²) in [5.41, 5.74) is 0. The van der Waals surface area contributed by atoms with Crippen molar-refractivity contribution < 1.29 is 18.5 Å². The first-order chi connectivity index (χ1) is 10.1. The molecule has 0 bridgehead atoms. The van der Waals surface area contributed by atoms with E-state index in [1.165, 1.54) is 11.3 Å². The van der Waals surface area contributed by atoms with Crippen molar-refractivity contribution in [2.45, 2.75) is 11.8 Å². The number of thiophene rings is 1. The molecule has 1 unspecified atom stereocenters. The highest BCUT2D eigenvalue weighted by atomic mass is 32.2. The summed E-state index contributed by atoms with van der Waals surface area (Å²) in [4.78, 5) is 14.4. The molecule has 21 heavy (non-hydrogen) atoms. The summed E-state index contributed by atoms with van der Waals surface area (Å²) in [5.74, 6) is 1.13. The maximum Gasteiger partial charge on any atom is 0.185 e. The fraction of sp³-hybridized carbons (Fsp3) is 0.267.